The van der Waals surface area contributed by atoms with Gasteiger partial charge in [-0.1, -0.05) is 53.0 Å². The van der Waals surface area contributed by atoms with E-state index < -0.39 is 0 Å². The van der Waals surface area contributed by atoms with E-state index in [2.05, 4.69) is 18.0 Å². The average molecular weight is 323 g/mol. The van der Waals surface area contributed by atoms with E-state index in [1.54, 1.807) is 6.07 Å². The zero-order valence-corrected chi connectivity index (χ0v) is 12.9. The summed E-state index contributed by atoms with van der Waals surface area (Å²) in [4.78, 5) is 4.65. The molecule has 20 heavy (non-hydrogen) atoms. The van der Waals surface area contributed by atoms with E-state index in [1.165, 1.54) is 0 Å². The maximum absolute atomic E-state index is 6.28. The predicted molar refractivity (Wildman–Crippen MR) is 86.9 cm³/mol. The summed E-state index contributed by atoms with van der Waals surface area (Å²) in [6.45, 7) is 2.05. The Hall–Kier alpha value is -1.28. The zero-order valence-electron chi connectivity index (χ0n) is 10.6. The first-order chi connectivity index (χ1) is 9.58. The minimum atomic E-state index is 0.360. The van der Waals surface area contributed by atoms with Gasteiger partial charge in [0.15, 0.2) is 0 Å². The predicted octanol–water partition coefficient (Wildman–Crippen LogP) is 6.17. The molecule has 2 aromatic carbocycles. The number of benzene rings is 2. The van der Waals surface area contributed by atoms with E-state index in [-0.39, 0.29) is 0 Å². The van der Waals surface area contributed by atoms with Crippen molar-refractivity contribution >= 4 is 45.7 Å². The van der Waals surface area contributed by atoms with Gasteiger partial charge in [-0.05, 0) is 36.8 Å². The molecule has 0 atom stereocenters. The fraction of sp³-hybridized carbons (Fsp3) is 0.0625. The van der Waals surface area contributed by atoms with Crippen LogP contribution >= 0.6 is 34.8 Å². The molecule has 0 amide bonds. The molecule has 3 rings (SSSR count). The van der Waals surface area contributed by atoms with E-state index in [1.807, 2.05) is 30.3 Å². The number of fused-ring (bicyclic) bond motifs is 1. The minimum absolute atomic E-state index is 0.360. The number of halogens is 3. The first-order valence-electron chi connectivity index (χ1n) is 6.08. The summed E-state index contributed by atoms with van der Waals surface area (Å²) < 4.78 is 0. The summed E-state index contributed by atoms with van der Waals surface area (Å²) in [5.74, 6) is 0. The van der Waals surface area contributed by atoms with Gasteiger partial charge in [0.25, 0.3) is 0 Å². The third-order valence-electron chi connectivity index (χ3n) is 3.23. The van der Waals surface area contributed by atoms with Crippen molar-refractivity contribution in [3.63, 3.8) is 0 Å². The van der Waals surface area contributed by atoms with Crippen molar-refractivity contribution in [3.8, 4) is 11.3 Å². The zero-order chi connectivity index (χ0) is 14.3. The molecule has 0 aliphatic carbocycles. The maximum Gasteiger partial charge on any atom is 0.0785 e. The van der Waals surface area contributed by atoms with Crippen LogP contribution in [0.5, 0.6) is 0 Å². The van der Waals surface area contributed by atoms with Crippen LogP contribution in [-0.4, -0.2) is 4.98 Å². The van der Waals surface area contributed by atoms with Gasteiger partial charge >= 0.3 is 0 Å². The smallest absolute Gasteiger partial charge is 0.0785 e. The van der Waals surface area contributed by atoms with E-state index in [0.717, 1.165) is 27.7 Å². The molecule has 3 aromatic rings. The molecule has 0 radical (unpaired) electrons. The van der Waals surface area contributed by atoms with Gasteiger partial charge in [-0.25, -0.2) is 4.98 Å². The molecule has 0 bridgehead atoms. The Kier molecular flexibility index (Phi) is 3.59. The Bertz CT molecular complexity index is 812. The van der Waals surface area contributed by atoms with Gasteiger partial charge < -0.3 is 0 Å². The normalized spacial score (nSPS) is 11.0. The van der Waals surface area contributed by atoms with Crippen LogP contribution in [0.4, 0.5) is 0 Å². The Morgan fingerprint density at radius 2 is 1.65 bits per heavy atom. The van der Waals surface area contributed by atoms with Crippen LogP contribution in [0.2, 0.25) is 15.1 Å². The minimum Gasteiger partial charge on any atom is -0.248 e. The molecular formula is C16H10Cl3N. The van der Waals surface area contributed by atoms with E-state index in [0.29, 0.717) is 15.1 Å². The summed E-state index contributed by atoms with van der Waals surface area (Å²) in [5, 5.41) is 2.37. The Morgan fingerprint density at radius 1 is 0.900 bits per heavy atom. The molecule has 0 saturated heterocycles. The second-order valence-electron chi connectivity index (χ2n) is 4.56. The number of aryl methyl sites for hydroxylation is 1. The molecule has 0 spiro atoms. The lowest BCUT2D eigenvalue weighted by Crippen LogP contribution is -1.90. The van der Waals surface area contributed by atoms with E-state index in [4.69, 9.17) is 34.8 Å². The number of para-hydroxylation sites is 1. The molecular weight excluding hydrogens is 313 g/mol. The molecule has 1 nitrogen and oxygen atoms in total. The number of hydrogen-bond acceptors (Lipinski definition) is 1. The van der Waals surface area contributed by atoms with Gasteiger partial charge in [0, 0.05) is 10.9 Å². The van der Waals surface area contributed by atoms with Crippen LogP contribution in [0.3, 0.4) is 0 Å². The van der Waals surface area contributed by atoms with Crippen molar-refractivity contribution in [2.24, 2.45) is 0 Å². The van der Waals surface area contributed by atoms with Crippen molar-refractivity contribution < 1.29 is 0 Å². The van der Waals surface area contributed by atoms with E-state index in [9.17, 15) is 0 Å². The third-order valence-corrected chi connectivity index (χ3v) is 4.53. The van der Waals surface area contributed by atoms with Crippen LogP contribution in [0, 0.1) is 6.92 Å². The molecule has 0 saturated carbocycles. The highest BCUT2D eigenvalue weighted by Gasteiger charge is 2.12. The van der Waals surface area contributed by atoms with Crippen LogP contribution in [-0.2, 0) is 0 Å². The summed E-state index contributed by atoms with van der Waals surface area (Å²) in [5.41, 5.74) is 3.66. The van der Waals surface area contributed by atoms with Gasteiger partial charge in [-0.15, -0.1) is 0 Å². The number of nitrogens with zero attached hydrogens (tertiary/aromatic N) is 1. The highest BCUT2D eigenvalue weighted by molar-refractivity contribution is 6.49. The number of aromatic nitrogens is 1. The maximum atomic E-state index is 6.28. The first-order valence-corrected chi connectivity index (χ1v) is 7.21. The van der Waals surface area contributed by atoms with Crippen LogP contribution < -0.4 is 0 Å². The van der Waals surface area contributed by atoms with Gasteiger partial charge in [0.2, 0.25) is 0 Å². The SMILES string of the molecule is Cc1cc(-c2ccc(Cl)c(Cl)c2Cl)nc2ccccc12. The second kappa shape index (κ2) is 5.25. The molecule has 0 aliphatic heterocycles. The number of rotatable bonds is 1. The summed E-state index contributed by atoms with van der Waals surface area (Å²) >= 11 is 18.3. The van der Waals surface area contributed by atoms with Gasteiger partial charge in [0.1, 0.15) is 0 Å². The Morgan fingerprint density at radius 3 is 2.45 bits per heavy atom. The van der Waals surface area contributed by atoms with Crippen LogP contribution in [0.1, 0.15) is 5.56 Å². The number of pyridine rings is 1. The highest BCUT2D eigenvalue weighted by Crippen LogP contribution is 2.38. The van der Waals surface area contributed by atoms with Crippen LogP contribution in [0.15, 0.2) is 42.5 Å². The van der Waals surface area contributed by atoms with Gasteiger partial charge in [0.05, 0.1) is 26.3 Å². The quantitative estimate of drug-likeness (QED) is 0.488. The fourth-order valence-corrected chi connectivity index (χ4v) is 2.84. The largest absolute Gasteiger partial charge is 0.248 e. The standard InChI is InChI=1S/C16H10Cl3N/c1-9-8-14(20-13-5-3-2-4-10(9)13)11-6-7-12(17)16(19)15(11)18/h2-8H,1H3. The highest BCUT2D eigenvalue weighted by atomic mass is 35.5. The van der Waals surface area contributed by atoms with Crippen molar-refractivity contribution in [3.05, 3.63) is 63.1 Å². The average Bonchev–Trinajstić information content (AvgIpc) is 2.45. The fourth-order valence-electron chi connectivity index (χ4n) is 2.21. The third kappa shape index (κ3) is 2.26. The van der Waals surface area contributed by atoms with Crippen molar-refractivity contribution in [1.82, 2.24) is 4.98 Å². The molecule has 1 aromatic heterocycles. The molecule has 0 fully saturated rings. The van der Waals surface area contributed by atoms with Crippen molar-refractivity contribution in [1.29, 1.82) is 0 Å². The van der Waals surface area contributed by atoms with Crippen molar-refractivity contribution in [2.75, 3.05) is 0 Å². The monoisotopic (exact) mass is 321 g/mol. The van der Waals surface area contributed by atoms with Crippen LogP contribution in [0.25, 0.3) is 22.2 Å². The molecule has 0 unspecified atom stereocenters. The summed E-state index contributed by atoms with van der Waals surface area (Å²) in [6, 6.07) is 13.6. The number of hydrogen-bond donors (Lipinski definition) is 0. The van der Waals surface area contributed by atoms with Gasteiger partial charge in [-0.2, -0.15) is 0 Å². The lowest BCUT2D eigenvalue weighted by Gasteiger charge is -2.09. The molecule has 4 heteroatoms. The second-order valence-corrected chi connectivity index (χ2v) is 5.73. The van der Waals surface area contributed by atoms with Gasteiger partial charge in [-0.3, -0.25) is 0 Å². The molecule has 0 N–H and O–H groups in total. The van der Waals surface area contributed by atoms with E-state index >= 15 is 0 Å². The molecule has 1 heterocycles. The Balaban J connectivity index is 2.28. The lowest BCUT2D eigenvalue weighted by atomic mass is 10.1. The first kappa shape index (κ1) is 13.7. The Labute approximate surface area is 132 Å². The summed E-state index contributed by atoms with van der Waals surface area (Å²) in [6.07, 6.45) is 0. The topological polar surface area (TPSA) is 12.9 Å². The molecule has 100 valence electrons. The summed E-state index contributed by atoms with van der Waals surface area (Å²) in [7, 11) is 0. The van der Waals surface area contributed by atoms with Crippen molar-refractivity contribution in [2.45, 2.75) is 6.92 Å². The molecule has 0 aliphatic rings. The lowest BCUT2D eigenvalue weighted by molar-refractivity contribution is 1.36.